The average molecular weight is 299 g/mol. The van der Waals surface area contributed by atoms with Gasteiger partial charge in [0.05, 0.1) is 12.7 Å². The third-order valence-corrected chi connectivity index (χ3v) is 4.66. The number of nitrogens with two attached hydrogens (primary N) is 1. The summed E-state index contributed by atoms with van der Waals surface area (Å²) >= 11 is 0. The van der Waals surface area contributed by atoms with Crippen molar-refractivity contribution in [3.8, 4) is 0 Å². The minimum Gasteiger partial charge on any atom is -0.465 e. The van der Waals surface area contributed by atoms with E-state index in [9.17, 15) is 4.79 Å². The highest BCUT2D eigenvalue weighted by molar-refractivity contribution is 5.79. The molecule has 1 aliphatic carbocycles. The first-order valence-electron chi connectivity index (χ1n) is 8.35. The molecule has 0 bridgehead atoms. The van der Waals surface area contributed by atoms with Crippen molar-refractivity contribution in [1.82, 2.24) is 0 Å². The molecule has 0 aliphatic heterocycles. The molecule has 124 valence electrons. The van der Waals surface area contributed by atoms with Crippen LogP contribution in [0.25, 0.3) is 0 Å². The lowest BCUT2D eigenvalue weighted by Crippen LogP contribution is -2.47. The second-order valence-electron chi connectivity index (χ2n) is 7.12. The fourth-order valence-electron chi connectivity index (χ4n) is 3.13. The van der Waals surface area contributed by atoms with Crippen molar-refractivity contribution < 1.29 is 14.3 Å². The van der Waals surface area contributed by atoms with E-state index in [4.69, 9.17) is 15.2 Å². The highest BCUT2D eigenvalue weighted by atomic mass is 16.5. The summed E-state index contributed by atoms with van der Waals surface area (Å²) in [6.07, 6.45) is 4.44. The standard InChI is InChI=1S/C17H33NO3/c1-6-20-16(19)17(5,18)9-10-21-15-11-13(4)7-8-14(15)12(2)3/h12-15H,6-11,18H2,1-5H3. The highest BCUT2D eigenvalue weighted by Crippen LogP contribution is 2.35. The summed E-state index contributed by atoms with van der Waals surface area (Å²) in [5.41, 5.74) is 5.07. The van der Waals surface area contributed by atoms with Crippen LogP contribution in [-0.2, 0) is 14.3 Å². The molecule has 0 amide bonds. The van der Waals surface area contributed by atoms with E-state index in [2.05, 4.69) is 20.8 Å². The highest BCUT2D eigenvalue weighted by Gasteiger charge is 2.33. The molecule has 0 saturated heterocycles. The molecule has 1 saturated carbocycles. The van der Waals surface area contributed by atoms with Crippen LogP contribution in [0.15, 0.2) is 0 Å². The summed E-state index contributed by atoms with van der Waals surface area (Å²) in [5.74, 6) is 1.63. The second-order valence-corrected chi connectivity index (χ2v) is 7.12. The molecule has 1 fully saturated rings. The number of hydrogen-bond donors (Lipinski definition) is 1. The molecule has 0 heterocycles. The van der Waals surface area contributed by atoms with Crippen molar-refractivity contribution in [2.75, 3.05) is 13.2 Å². The van der Waals surface area contributed by atoms with Crippen molar-refractivity contribution in [2.45, 2.75) is 71.9 Å². The Labute approximate surface area is 129 Å². The van der Waals surface area contributed by atoms with Crippen LogP contribution in [0.5, 0.6) is 0 Å². The Morgan fingerprint density at radius 1 is 1.38 bits per heavy atom. The molecular weight excluding hydrogens is 266 g/mol. The second kappa shape index (κ2) is 8.14. The molecule has 1 aliphatic rings. The Balaban J connectivity index is 2.46. The van der Waals surface area contributed by atoms with Gasteiger partial charge in [-0.1, -0.05) is 27.2 Å². The SMILES string of the molecule is CCOC(=O)C(C)(N)CCOC1CC(C)CCC1C(C)C. The number of hydrogen-bond acceptors (Lipinski definition) is 4. The summed E-state index contributed by atoms with van der Waals surface area (Å²) < 4.78 is 11.1. The molecule has 1 rings (SSSR count). The molecule has 2 N–H and O–H groups in total. The maximum absolute atomic E-state index is 11.8. The van der Waals surface area contributed by atoms with Gasteiger partial charge in [0.25, 0.3) is 0 Å². The molecule has 4 heteroatoms. The van der Waals surface area contributed by atoms with E-state index >= 15 is 0 Å². The number of carbonyl (C=O) groups is 1. The maximum atomic E-state index is 11.8. The molecule has 0 spiro atoms. The van der Waals surface area contributed by atoms with E-state index in [0.717, 1.165) is 12.3 Å². The van der Waals surface area contributed by atoms with Gasteiger partial charge < -0.3 is 15.2 Å². The summed E-state index contributed by atoms with van der Waals surface area (Å²) in [5, 5.41) is 0. The Kier molecular flexibility index (Phi) is 7.14. The fourth-order valence-corrected chi connectivity index (χ4v) is 3.13. The van der Waals surface area contributed by atoms with Gasteiger partial charge in [-0.25, -0.2) is 0 Å². The van der Waals surface area contributed by atoms with Crippen LogP contribution in [0, 0.1) is 17.8 Å². The molecule has 0 aromatic heterocycles. The van der Waals surface area contributed by atoms with Gasteiger partial charge in [-0.2, -0.15) is 0 Å². The van der Waals surface area contributed by atoms with Crippen molar-refractivity contribution in [3.05, 3.63) is 0 Å². The fraction of sp³-hybridized carbons (Fsp3) is 0.941. The first kappa shape index (κ1) is 18.4. The topological polar surface area (TPSA) is 61.5 Å². The van der Waals surface area contributed by atoms with Gasteiger partial charge in [0.2, 0.25) is 0 Å². The Bertz CT molecular complexity index is 328. The molecule has 0 aromatic rings. The van der Waals surface area contributed by atoms with Crippen LogP contribution in [-0.4, -0.2) is 30.8 Å². The molecule has 4 atom stereocenters. The Morgan fingerprint density at radius 3 is 2.62 bits per heavy atom. The van der Waals surface area contributed by atoms with Gasteiger partial charge in [0, 0.05) is 6.61 Å². The molecular formula is C17H33NO3. The monoisotopic (exact) mass is 299 g/mol. The van der Waals surface area contributed by atoms with Gasteiger partial charge in [-0.15, -0.1) is 0 Å². The number of ether oxygens (including phenoxy) is 2. The van der Waals surface area contributed by atoms with Crippen LogP contribution < -0.4 is 5.73 Å². The van der Waals surface area contributed by atoms with E-state index in [1.165, 1.54) is 12.8 Å². The summed E-state index contributed by atoms with van der Waals surface area (Å²) in [7, 11) is 0. The van der Waals surface area contributed by atoms with E-state index in [1.54, 1.807) is 13.8 Å². The Morgan fingerprint density at radius 2 is 2.05 bits per heavy atom. The minimum atomic E-state index is -0.955. The Hall–Kier alpha value is -0.610. The van der Waals surface area contributed by atoms with E-state index in [1.807, 2.05) is 0 Å². The largest absolute Gasteiger partial charge is 0.465 e. The van der Waals surface area contributed by atoms with Gasteiger partial charge in [-0.3, -0.25) is 4.79 Å². The van der Waals surface area contributed by atoms with Crippen LogP contribution >= 0.6 is 0 Å². The first-order chi connectivity index (χ1) is 9.77. The lowest BCUT2D eigenvalue weighted by molar-refractivity contribution is -0.150. The van der Waals surface area contributed by atoms with Gasteiger partial charge in [-0.05, 0) is 50.9 Å². The predicted molar refractivity (Wildman–Crippen MR) is 84.9 cm³/mol. The van der Waals surface area contributed by atoms with Crippen molar-refractivity contribution >= 4 is 5.97 Å². The van der Waals surface area contributed by atoms with Crippen molar-refractivity contribution in [3.63, 3.8) is 0 Å². The summed E-state index contributed by atoms with van der Waals surface area (Å²) in [6, 6.07) is 0. The predicted octanol–water partition coefficient (Wildman–Crippen LogP) is 3.13. The van der Waals surface area contributed by atoms with Crippen molar-refractivity contribution in [2.24, 2.45) is 23.5 Å². The third kappa shape index (κ3) is 5.59. The van der Waals surface area contributed by atoms with Crippen LogP contribution in [0.4, 0.5) is 0 Å². The zero-order valence-electron chi connectivity index (χ0n) is 14.4. The first-order valence-corrected chi connectivity index (χ1v) is 8.35. The summed E-state index contributed by atoms with van der Waals surface area (Å²) in [4.78, 5) is 11.8. The number of rotatable bonds is 7. The normalized spacial score (nSPS) is 29.2. The van der Waals surface area contributed by atoms with Crippen LogP contribution in [0.3, 0.4) is 0 Å². The van der Waals surface area contributed by atoms with E-state index in [-0.39, 0.29) is 5.97 Å². The molecule has 4 unspecified atom stereocenters. The molecule has 0 radical (unpaired) electrons. The average Bonchev–Trinajstić information content (AvgIpc) is 2.38. The van der Waals surface area contributed by atoms with Crippen LogP contribution in [0.1, 0.15) is 60.3 Å². The van der Waals surface area contributed by atoms with E-state index in [0.29, 0.717) is 37.6 Å². The smallest absolute Gasteiger partial charge is 0.325 e. The summed E-state index contributed by atoms with van der Waals surface area (Å²) in [6.45, 7) is 11.2. The quantitative estimate of drug-likeness (QED) is 0.734. The van der Waals surface area contributed by atoms with Gasteiger partial charge in [0.1, 0.15) is 5.54 Å². The van der Waals surface area contributed by atoms with Gasteiger partial charge >= 0.3 is 5.97 Å². The zero-order chi connectivity index (χ0) is 16.0. The third-order valence-electron chi connectivity index (χ3n) is 4.66. The lowest BCUT2D eigenvalue weighted by atomic mass is 9.75. The van der Waals surface area contributed by atoms with E-state index < -0.39 is 5.54 Å². The van der Waals surface area contributed by atoms with Crippen molar-refractivity contribution in [1.29, 1.82) is 0 Å². The molecule has 21 heavy (non-hydrogen) atoms. The lowest BCUT2D eigenvalue weighted by Gasteiger charge is -2.37. The number of esters is 1. The maximum Gasteiger partial charge on any atom is 0.325 e. The van der Waals surface area contributed by atoms with Gasteiger partial charge in [0.15, 0.2) is 0 Å². The van der Waals surface area contributed by atoms with Crippen LogP contribution in [0.2, 0.25) is 0 Å². The molecule has 0 aromatic carbocycles. The zero-order valence-corrected chi connectivity index (χ0v) is 14.4. The number of carbonyl (C=O) groups excluding carboxylic acids is 1. The molecule has 4 nitrogen and oxygen atoms in total. The minimum absolute atomic E-state index is 0.298.